The van der Waals surface area contributed by atoms with E-state index in [1.54, 1.807) is 0 Å². The second-order valence-electron chi connectivity index (χ2n) is 4.82. The van der Waals surface area contributed by atoms with Crippen LogP contribution >= 0.6 is 27.5 Å². The third-order valence-electron chi connectivity index (χ3n) is 3.38. The van der Waals surface area contributed by atoms with Gasteiger partial charge in [0.1, 0.15) is 0 Å². The highest BCUT2D eigenvalue weighted by atomic mass is 79.9. The molecule has 0 amide bonds. The summed E-state index contributed by atoms with van der Waals surface area (Å²) in [5, 5.41) is 8.70. The van der Waals surface area contributed by atoms with Gasteiger partial charge in [-0.2, -0.15) is 5.10 Å². The summed E-state index contributed by atoms with van der Waals surface area (Å²) in [4.78, 5) is 0. The summed E-state index contributed by atoms with van der Waals surface area (Å²) in [6, 6.07) is 8.57. The van der Waals surface area contributed by atoms with Crippen molar-refractivity contribution in [1.29, 1.82) is 0 Å². The van der Waals surface area contributed by atoms with Crippen molar-refractivity contribution in [3.05, 3.63) is 50.7 Å². The van der Waals surface area contributed by atoms with Gasteiger partial charge in [-0.3, -0.25) is 4.68 Å². The maximum atomic E-state index is 6.32. The summed E-state index contributed by atoms with van der Waals surface area (Å²) in [6.07, 6.45) is 0. The summed E-state index contributed by atoms with van der Waals surface area (Å²) in [6.45, 7) is 7.70. The lowest BCUT2D eigenvalue weighted by molar-refractivity contribution is 0.531. The van der Waals surface area contributed by atoms with Gasteiger partial charge in [0.25, 0.3) is 0 Å². The number of nitrogens with zero attached hydrogens (tertiary/aromatic N) is 2. The van der Waals surface area contributed by atoms with E-state index in [1.807, 2.05) is 23.7 Å². The SMILES string of the molecule is CCn1nc(C)c(Cl)c1CNC(C)c1cccc(Br)c1. The largest absolute Gasteiger partial charge is 0.305 e. The van der Waals surface area contributed by atoms with Crippen molar-refractivity contribution in [3.63, 3.8) is 0 Å². The van der Waals surface area contributed by atoms with Crippen molar-refractivity contribution < 1.29 is 0 Å². The Hall–Kier alpha value is -0.840. The summed E-state index contributed by atoms with van der Waals surface area (Å²) in [5.41, 5.74) is 3.18. The summed E-state index contributed by atoms with van der Waals surface area (Å²) in [5.74, 6) is 0. The molecule has 108 valence electrons. The van der Waals surface area contributed by atoms with Crippen LogP contribution in [0.15, 0.2) is 28.7 Å². The van der Waals surface area contributed by atoms with Crippen LogP contribution in [0.5, 0.6) is 0 Å². The first kappa shape index (κ1) is 15.5. The second kappa shape index (κ2) is 6.74. The van der Waals surface area contributed by atoms with E-state index in [0.717, 1.165) is 27.4 Å². The molecule has 2 rings (SSSR count). The fraction of sp³-hybridized carbons (Fsp3) is 0.400. The summed E-state index contributed by atoms with van der Waals surface area (Å²) >= 11 is 9.82. The van der Waals surface area contributed by atoms with E-state index in [4.69, 9.17) is 11.6 Å². The van der Waals surface area contributed by atoms with Gasteiger partial charge >= 0.3 is 0 Å². The Morgan fingerprint density at radius 2 is 2.20 bits per heavy atom. The van der Waals surface area contributed by atoms with E-state index >= 15 is 0 Å². The van der Waals surface area contributed by atoms with E-state index in [1.165, 1.54) is 5.56 Å². The zero-order valence-electron chi connectivity index (χ0n) is 12.0. The number of benzene rings is 1. The molecule has 0 radical (unpaired) electrons. The average Bonchev–Trinajstić information content (AvgIpc) is 2.71. The number of aryl methyl sites for hydroxylation is 2. The fourth-order valence-corrected chi connectivity index (χ4v) is 2.80. The first-order valence-corrected chi connectivity index (χ1v) is 7.90. The Labute approximate surface area is 133 Å². The standard InChI is InChI=1S/C15H19BrClN3/c1-4-20-14(15(17)11(3)19-20)9-18-10(2)12-6-5-7-13(16)8-12/h5-8,10,18H,4,9H2,1-3H3. The Bertz CT molecular complexity index is 595. The van der Waals surface area contributed by atoms with Crippen LogP contribution in [-0.2, 0) is 13.1 Å². The predicted octanol–water partition coefficient (Wildman–Crippen LogP) is 4.48. The Morgan fingerprint density at radius 1 is 1.45 bits per heavy atom. The van der Waals surface area contributed by atoms with Gasteiger partial charge in [0.15, 0.2) is 0 Å². The molecule has 0 fully saturated rings. The van der Waals surface area contributed by atoms with Crippen molar-refractivity contribution in [3.8, 4) is 0 Å². The minimum absolute atomic E-state index is 0.254. The van der Waals surface area contributed by atoms with E-state index < -0.39 is 0 Å². The van der Waals surface area contributed by atoms with Crippen LogP contribution in [0.3, 0.4) is 0 Å². The van der Waals surface area contributed by atoms with Gasteiger partial charge in [0.05, 0.1) is 16.4 Å². The minimum atomic E-state index is 0.254. The van der Waals surface area contributed by atoms with Crippen LogP contribution < -0.4 is 5.32 Å². The molecular weight excluding hydrogens is 338 g/mol. The molecule has 0 spiro atoms. The highest BCUT2D eigenvalue weighted by Gasteiger charge is 2.13. The zero-order chi connectivity index (χ0) is 14.7. The molecule has 1 heterocycles. The van der Waals surface area contributed by atoms with Crippen LogP contribution in [0, 0.1) is 6.92 Å². The number of hydrogen-bond donors (Lipinski definition) is 1. The second-order valence-corrected chi connectivity index (χ2v) is 6.11. The van der Waals surface area contributed by atoms with Crippen LogP contribution in [0.2, 0.25) is 5.02 Å². The molecule has 5 heteroatoms. The lowest BCUT2D eigenvalue weighted by Crippen LogP contribution is -2.20. The molecule has 1 unspecified atom stereocenters. The molecule has 20 heavy (non-hydrogen) atoms. The van der Waals surface area contributed by atoms with Gasteiger partial charge in [-0.1, -0.05) is 39.7 Å². The van der Waals surface area contributed by atoms with Crippen molar-refractivity contribution in [2.45, 2.75) is 39.9 Å². The molecular formula is C15H19BrClN3. The maximum Gasteiger partial charge on any atom is 0.0860 e. The lowest BCUT2D eigenvalue weighted by atomic mass is 10.1. The van der Waals surface area contributed by atoms with Gasteiger partial charge in [0.2, 0.25) is 0 Å². The first-order chi connectivity index (χ1) is 9.52. The van der Waals surface area contributed by atoms with Gasteiger partial charge in [0, 0.05) is 23.6 Å². The molecule has 0 aliphatic rings. The van der Waals surface area contributed by atoms with Crippen molar-refractivity contribution >= 4 is 27.5 Å². The van der Waals surface area contributed by atoms with Gasteiger partial charge in [-0.15, -0.1) is 0 Å². The van der Waals surface area contributed by atoms with Crippen LogP contribution in [0.1, 0.15) is 36.8 Å². The number of nitrogens with one attached hydrogen (secondary N) is 1. The van der Waals surface area contributed by atoms with Crippen molar-refractivity contribution in [1.82, 2.24) is 15.1 Å². The molecule has 2 aromatic rings. The minimum Gasteiger partial charge on any atom is -0.305 e. The van der Waals surface area contributed by atoms with Gasteiger partial charge in [-0.25, -0.2) is 0 Å². The third-order valence-corrected chi connectivity index (χ3v) is 4.36. The zero-order valence-corrected chi connectivity index (χ0v) is 14.3. The van der Waals surface area contributed by atoms with E-state index in [2.05, 4.69) is 52.3 Å². The number of halogens is 2. The number of hydrogen-bond acceptors (Lipinski definition) is 2. The van der Waals surface area contributed by atoms with Crippen molar-refractivity contribution in [2.75, 3.05) is 0 Å². The molecule has 0 aliphatic carbocycles. The summed E-state index contributed by atoms with van der Waals surface area (Å²) in [7, 11) is 0. The topological polar surface area (TPSA) is 29.9 Å². The average molecular weight is 357 g/mol. The van der Waals surface area contributed by atoms with E-state index in [0.29, 0.717) is 6.54 Å². The van der Waals surface area contributed by atoms with Gasteiger partial charge < -0.3 is 5.32 Å². The molecule has 1 atom stereocenters. The van der Waals surface area contributed by atoms with Crippen LogP contribution in [-0.4, -0.2) is 9.78 Å². The van der Waals surface area contributed by atoms with Crippen LogP contribution in [0.4, 0.5) is 0 Å². The molecule has 0 bridgehead atoms. The molecule has 3 nitrogen and oxygen atoms in total. The third kappa shape index (κ3) is 3.43. The first-order valence-electron chi connectivity index (χ1n) is 6.73. The molecule has 1 aromatic carbocycles. The summed E-state index contributed by atoms with van der Waals surface area (Å²) < 4.78 is 3.05. The lowest BCUT2D eigenvalue weighted by Gasteiger charge is -2.15. The molecule has 1 N–H and O–H groups in total. The molecule has 0 saturated carbocycles. The molecule has 0 saturated heterocycles. The van der Waals surface area contributed by atoms with Crippen LogP contribution in [0.25, 0.3) is 0 Å². The smallest absolute Gasteiger partial charge is 0.0860 e. The molecule has 1 aromatic heterocycles. The fourth-order valence-electron chi connectivity index (χ4n) is 2.18. The quantitative estimate of drug-likeness (QED) is 0.856. The normalized spacial score (nSPS) is 12.7. The van der Waals surface area contributed by atoms with Gasteiger partial charge in [-0.05, 0) is 38.5 Å². The van der Waals surface area contributed by atoms with E-state index in [9.17, 15) is 0 Å². The number of rotatable bonds is 5. The predicted molar refractivity (Wildman–Crippen MR) is 87.0 cm³/mol. The van der Waals surface area contributed by atoms with E-state index in [-0.39, 0.29) is 6.04 Å². The Morgan fingerprint density at radius 3 is 2.85 bits per heavy atom. The molecule has 0 aliphatic heterocycles. The maximum absolute atomic E-state index is 6.32. The monoisotopic (exact) mass is 355 g/mol. The Kier molecular flexibility index (Phi) is 5.24. The highest BCUT2D eigenvalue weighted by Crippen LogP contribution is 2.22. The highest BCUT2D eigenvalue weighted by molar-refractivity contribution is 9.10. The van der Waals surface area contributed by atoms with Crippen molar-refractivity contribution in [2.24, 2.45) is 0 Å². The number of aromatic nitrogens is 2. The Balaban J connectivity index is 2.09.